The summed E-state index contributed by atoms with van der Waals surface area (Å²) < 4.78 is 1.56. The van der Waals surface area contributed by atoms with Gasteiger partial charge in [-0.2, -0.15) is 0 Å². The number of hydrogen-bond acceptors (Lipinski definition) is 4. The molecule has 8 heteroatoms. The molecule has 2 aromatic carbocycles. The molecule has 5 rings (SSSR count). The molecule has 1 aliphatic heterocycles. The van der Waals surface area contributed by atoms with Gasteiger partial charge >= 0.3 is 0 Å². The first kappa shape index (κ1) is 26.1. The third-order valence-corrected chi connectivity index (χ3v) is 8.33. The number of fused-ring (bicyclic) bond motifs is 1. The fourth-order valence-electron chi connectivity index (χ4n) is 5.31. The van der Waals surface area contributed by atoms with Crippen molar-refractivity contribution in [2.24, 2.45) is 0 Å². The van der Waals surface area contributed by atoms with E-state index < -0.39 is 0 Å². The summed E-state index contributed by atoms with van der Waals surface area (Å²) in [5.74, 6) is 0.658. The van der Waals surface area contributed by atoms with Crippen LogP contribution in [-0.4, -0.2) is 39.6 Å². The Morgan fingerprint density at radius 3 is 2.38 bits per heavy atom. The summed E-state index contributed by atoms with van der Waals surface area (Å²) in [6.07, 6.45) is 3.38. The van der Waals surface area contributed by atoms with Gasteiger partial charge in [0.1, 0.15) is 5.82 Å². The Bertz CT molecular complexity index is 1500. The second-order valence-corrected chi connectivity index (χ2v) is 11.1. The minimum Gasteiger partial charge on any atom is -0.367 e. The second kappa shape index (κ2) is 10.7. The summed E-state index contributed by atoms with van der Waals surface area (Å²) in [4.78, 5) is 20.7. The molecule has 0 amide bonds. The summed E-state index contributed by atoms with van der Waals surface area (Å²) >= 11 is 19.7. The van der Waals surface area contributed by atoms with E-state index in [0.717, 1.165) is 17.4 Å². The molecule has 0 bridgehead atoms. The van der Waals surface area contributed by atoms with Crippen LogP contribution >= 0.6 is 34.8 Å². The summed E-state index contributed by atoms with van der Waals surface area (Å²) in [5.41, 5.74) is 2.32. The topological polar surface area (TPSA) is 50.2 Å². The lowest BCUT2D eigenvalue weighted by Crippen LogP contribution is -2.34. The van der Waals surface area contributed by atoms with E-state index in [0.29, 0.717) is 49.9 Å². The zero-order valence-electron chi connectivity index (χ0n) is 21.0. The van der Waals surface area contributed by atoms with Crippen molar-refractivity contribution in [3.63, 3.8) is 0 Å². The maximum absolute atomic E-state index is 13.3. The van der Waals surface area contributed by atoms with Crippen molar-refractivity contribution in [1.82, 2.24) is 14.5 Å². The number of benzene rings is 2. The Labute approximate surface area is 232 Å². The fourth-order valence-corrected chi connectivity index (χ4v) is 6.10. The Morgan fingerprint density at radius 2 is 1.70 bits per heavy atom. The summed E-state index contributed by atoms with van der Waals surface area (Å²) in [5, 5.41) is 5.72. The van der Waals surface area contributed by atoms with Crippen molar-refractivity contribution in [2.45, 2.75) is 51.2 Å². The number of halogens is 3. The number of pyridine rings is 2. The Morgan fingerprint density at radius 1 is 1.00 bits per heavy atom. The molecule has 0 radical (unpaired) electrons. The lowest BCUT2D eigenvalue weighted by molar-refractivity contribution is 0.238. The van der Waals surface area contributed by atoms with Crippen LogP contribution in [0.15, 0.2) is 65.5 Å². The third kappa shape index (κ3) is 5.10. The first-order chi connectivity index (χ1) is 17.7. The summed E-state index contributed by atoms with van der Waals surface area (Å²) in [6, 6.07) is 19.3. The highest BCUT2D eigenvalue weighted by Gasteiger charge is 2.28. The van der Waals surface area contributed by atoms with Crippen LogP contribution in [0.1, 0.15) is 33.1 Å². The monoisotopic (exact) mass is 554 g/mol. The highest BCUT2D eigenvalue weighted by Crippen LogP contribution is 2.36. The van der Waals surface area contributed by atoms with E-state index in [1.54, 1.807) is 28.8 Å². The van der Waals surface area contributed by atoms with Crippen molar-refractivity contribution in [1.29, 1.82) is 0 Å². The largest absolute Gasteiger partial charge is 0.367 e. The molecule has 1 N–H and O–H groups in total. The van der Waals surface area contributed by atoms with Gasteiger partial charge in [0.25, 0.3) is 5.56 Å². The molecule has 3 heterocycles. The van der Waals surface area contributed by atoms with E-state index in [2.05, 4.69) is 31.1 Å². The number of anilines is 1. The van der Waals surface area contributed by atoms with Crippen molar-refractivity contribution in [3.8, 4) is 16.9 Å². The Hall–Kier alpha value is -2.57. The molecule has 1 aliphatic rings. The molecule has 37 heavy (non-hydrogen) atoms. The molecule has 3 unspecified atom stereocenters. The molecule has 2 aromatic heterocycles. The summed E-state index contributed by atoms with van der Waals surface area (Å²) in [7, 11) is 2.20. The molecule has 5 nitrogen and oxygen atoms in total. The molecular formula is C29H29Cl3N4O. The van der Waals surface area contributed by atoms with Crippen LogP contribution in [0.3, 0.4) is 0 Å². The van der Waals surface area contributed by atoms with Crippen LogP contribution < -0.4 is 10.9 Å². The van der Waals surface area contributed by atoms with Gasteiger partial charge in [-0.05, 0) is 64.4 Å². The van der Waals surface area contributed by atoms with E-state index in [4.69, 9.17) is 39.8 Å². The number of nitrogens with one attached hydrogen (secondary N) is 1. The van der Waals surface area contributed by atoms with Crippen LogP contribution in [-0.2, 0) is 0 Å². The van der Waals surface area contributed by atoms with Crippen LogP contribution in [0, 0.1) is 0 Å². The zero-order valence-corrected chi connectivity index (χ0v) is 23.3. The van der Waals surface area contributed by atoms with E-state index in [1.165, 1.54) is 18.9 Å². The molecule has 192 valence electrons. The molecule has 1 saturated heterocycles. The normalized spacial score (nSPS) is 18.9. The van der Waals surface area contributed by atoms with Gasteiger partial charge in [-0.15, -0.1) is 0 Å². The van der Waals surface area contributed by atoms with Gasteiger partial charge in [-0.25, -0.2) is 4.98 Å². The first-order valence-corrected chi connectivity index (χ1v) is 13.6. The van der Waals surface area contributed by atoms with E-state index in [1.807, 2.05) is 30.3 Å². The average Bonchev–Trinajstić information content (AvgIpc) is 3.17. The fraction of sp³-hybridized carbons (Fsp3) is 0.310. The Balaban J connectivity index is 1.68. The van der Waals surface area contributed by atoms with Gasteiger partial charge in [0.2, 0.25) is 0 Å². The minimum atomic E-state index is -0.237. The number of rotatable bonds is 6. The number of nitrogens with zero attached hydrogens (tertiary/aromatic N) is 3. The quantitative estimate of drug-likeness (QED) is 0.265. The van der Waals surface area contributed by atoms with Gasteiger partial charge < -0.3 is 10.2 Å². The molecule has 0 saturated carbocycles. The maximum Gasteiger partial charge on any atom is 0.255 e. The molecular weight excluding hydrogens is 527 g/mol. The Kier molecular flexibility index (Phi) is 7.51. The zero-order chi connectivity index (χ0) is 26.3. The molecule has 0 aliphatic carbocycles. The van der Waals surface area contributed by atoms with Crippen LogP contribution in [0.25, 0.3) is 27.8 Å². The molecule has 1 fully saturated rings. The highest BCUT2D eigenvalue weighted by molar-refractivity contribution is 6.38. The third-order valence-electron chi connectivity index (χ3n) is 7.39. The summed E-state index contributed by atoms with van der Waals surface area (Å²) in [6.45, 7) is 4.44. The van der Waals surface area contributed by atoms with Crippen LogP contribution in [0.4, 0.5) is 5.82 Å². The smallest absolute Gasteiger partial charge is 0.255 e. The molecule has 0 spiro atoms. The number of aromatic nitrogens is 2. The second-order valence-electron chi connectivity index (χ2n) is 9.87. The van der Waals surface area contributed by atoms with Crippen molar-refractivity contribution in [3.05, 3.63) is 86.1 Å². The number of likely N-dealkylation sites (tertiary alicyclic amines) is 1. The highest BCUT2D eigenvalue weighted by atomic mass is 35.5. The van der Waals surface area contributed by atoms with Gasteiger partial charge in [0.05, 0.1) is 26.9 Å². The van der Waals surface area contributed by atoms with Gasteiger partial charge in [-0.3, -0.25) is 9.36 Å². The van der Waals surface area contributed by atoms with Gasteiger partial charge in [0, 0.05) is 46.2 Å². The number of para-hydroxylation sites is 1. The van der Waals surface area contributed by atoms with Crippen molar-refractivity contribution in [2.75, 3.05) is 12.4 Å². The number of hydrogen-bond donors (Lipinski definition) is 1. The van der Waals surface area contributed by atoms with E-state index in [9.17, 15) is 4.79 Å². The molecule has 4 aromatic rings. The first-order valence-electron chi connectivity index (χ1n) is 12.5. The van der Waals surface area contributed by atoms with Crippen molar-refractivity contribution < 1.29 is 0 Å². The minimum absolute atomic E-state index is 0.162. The van der Waals surface area contributed by atoms with E-state index in [-0.39, 0.29) is 11.6 Å². The maximum atomic E-state index is 13.3. The lowest BCUT2D eigenvalue weighted by Gasteiger charge is -2.27. The predicted molar refractivity (Wildman–Crippen MR) is 156 cm³/mol. The van der Waals surface area contributed by atoms with Crippen LogP contribution in [0.5, 0.6) is 0 Å². The average molecular weight is 556 g/mol. The van der Waals surface area contributed by atoms with Crippen LogP contribution in [0.2, 0.25) is 15.1 Å². The van der Waals surface area contributed by atoms with Gasteiger partial charge in [0.15, 0.2) is 0 Å². The van der Waals surface area contributed by atoms with Gasteiger partial charge in [-0.1, -0.05) is 59.1 Å². The molecule has 3 atom stereocenters. The van der Waals surface area contributed by atoms with Crippen molar-refractivity contribution >= 4 is 51.5 Å². The predicted octanol–water partition coefficient (Wildman–Crippen LogP) is 7.69. The standard InChI is InChI=1S/C29H29Cl3N4O/c1-17(15-19-12-11-18(2)35(19)3)33-26-16-25-21(28(34-26)20-7-4-5-8-22(20)30)13-14-27(37)36(25)29-23(31)9-6-10-24(29)32/h4-10,13-14,16-19H,11-12,15H2,1-3H3,(H,33,34). The van der Waals surface area contributed by atoms with E-state index >= 15 is 0 Å². The SMILES string of the molecule is CC(CC1CCC(C)N1C)Nc1cc2c(ccc(=O)n2-c2c(Cl)cccc2Cl)c(-c2ccccc2Cl)n1. The lowest BCUT2D eigenvalue weighted by atomic mass is 10.0.